The number of aliphatic carboxylic acids is 1. The maximum absolute atomic E-state index is 11.4. The zero-order valence-electron chi connectivity index (χ0n) is 7.98. The van der Waals surface area contributed by atoms with Crippen molar-refractivity contribution in [2.45, 2.75) is 13.0 Å². The molecular weight excluding hydrogens is 200 g/mol. The Kier molecular flexibility index (Phi) is 3.22. The molecule has 1 rings (SSSR count). The first kappa shape index (κ1) is 11.0. The molecule has 3 N–H and O–H groups in total. The lowest BCUT2D eigenvalue weighted by molar-refractivity contribution is -0.138. The van der Waals surface area contributed by atoms with Crippen LogP contribution in [0.1, 0.15) is 17.3 Å². The van der Waals surface area contributed by atoms with Crippen molar-refractivity contribution < 1.29 is 14.7 Å². The molecule has 0 saturated heterocycles. The van der Waals surface area contributed by atoms with Gasteiger partial charge in [0.1, 0.15) is 6.04 Å². The van der Waals surface area contributed by atoms with Crippen molar-refractivity contribution in [2.24, 2.45) is 0 Å². The smallest absolute Gasteiger partial charge is 0.325 e. The molecule has 0 saturated carbocycles. The lowest BCUT2D eigenvalue weighted by atomic mass is 10.2. The van der Waals surface area contributed by atoms with Gasteiger partial charge in [0.2, 0.25) is 5.56 Å². The number of hydrogen-bond donors (Lipinski definition) is 3. The van der Waals surface area contributed by atoms with E-state index in [2.05, 4.69) is 10.3 Å². The molecule has 15 heavy (non-hydrogen) atoms. The molecule has 0 spiro atoms. The topological polar surface area (TPSA) is 99.3 Å². The maximum Gasteiger partial charge on any atom is 0.325 e. The quantitative estimate of drug-likeness (QED) is 0.630. The van der Waals surface area contributed by atoms with Crippen molar-refractivity contribution in [3.63, 3.8) is 0 Å². The zero-order chi connectivity index (χ0) is 11.4. The highest BCUT2D eigenvalue weighted by Gasteiger charge is 2.14. The van der Waals surface area contributed by atoms with Crippen LogP contribution in [0.3, 0.4) is 0 Å². The van der Waals surface area contributed by atoms with Crippen LogP contribution < -0.4 is 10.9 Å². The molecule has 0 radical (unpaired) electrons. The second-order valence-corrected chi connectivity index (χ2v) is 2.97. The van der Waals surface area contributed by atoms with Crippen LogP contribution in [0.4, 0.5) is 0 Å². The maximum atomic E-state index is 11.4. The van der Waals surface area contributed by atoms with Gasteiger partial charge in [0.25, 0.3) is 5.91 Å². The van der Waals surface area contributed by atoms with E-state index in [4.69, 9.17) is 5.11 Å². The molecule has 1 aromatic heterocycles. The van der Waals surface area contributed by atoms with Gasteiger partial charge >= 0.3 is 5.97 Å². The van der Waals surface area contributed by atoms with Gasteiger partial charge in [-0.25, -0.2) is 0 Å². The third-order valence-corrected chi connectivity index (χ3v) is 1.76. The monoisotopic (exact) mass is 210 g/mol. The Hall–Kier alpha value is -2.11. The second kappa shape index (κ2) is 4.41. The standard InChI is InChI=1S/C9H10N2O4/c1-5(9(14)15)11-8(13)6-2-3-7(12)10-4-6/h2-5H,1H3,(H,10,12)(H,11,13)(H,14,15)/t5-/m1/s1. The van der Waals surface area contributed by atoms with E-state index in [9.17, 15) is 14.4 Å². The van der Waals surface area contributed by atoms with Gasteiger partial charge in [-0.15, -0.1) is 0 Å². The Bertz CT molecular complexity index is 417. The first-order chi connectivity index (χ1) is 7.00. The highest BCUT2D eigenvalue weighted by atomic mass is 16.4. The molecule has 0 bridgehead atoms. The van der Waals surface area contributed by atoms with Crippen molar-refractivity contribution in [2.75, 3.05) is 0 Å². The predicted octanol–water partition coefficient (Wildman–Crippen LogP) is -0.422. The number of H-pyrrole nitrogens is 1. The molecule has 0 aliphatic heterocycles. The van der Waals surface area contributed by atoms with Gasteiger partial charge in [0, 0.05) is 12.3 Å². The zero-order valence-corrected chi connectivity index (χ0v) is 7.98. The summed E-state index contributed by atoms with van der Waals surface area (Å²) < 4.78 is 0. The highest BCUT2D eigenvalue weighted by Crippen LogP contribution is 1.94. The Morgan fingerprint density at radius 1 is 1.47 bits per heavy atom. The normalized spacial score (nSPS) is 11.8. The Morgan fingerprint density at radius 2 is 2.13 bits per heavy atom. The van der Waals surface area contributed by atoms with Crippen molar-refractivity contribution >= 4 is 11.9 Å². The third-order valence-electron chi connectivity index (χ3n) is 1.76. The number of aromatic amines is 1. The lowest BCUT2D eigenvalue weighted by Crippen LogP contribution is -2.38. The fraction of sp³-hybridized carbons (Fsp3) is 0.222. The molecule has 0 aliphatic rings. The number of pyridine rings is 1. The summed E-state index contributed by atoms with van der Waals surface area (Å²) in [7, 11) is 0. The van der Waals surface area contributed by atoms with Crippen molar-refractivity contribution in [3.05, 3.63) is 34.2 Å². The molecule has 0 unspecified atom stereocenters. The summed E-state index contributed by atoms with van der Waals surface area (Å²) in [6, 6.07) is 1.55. The summed E-state index contributed by atoms with van der Waals surface area (Å²) in [5, 5.41) is 10.8. The van der Waals surface area contributed by atoms with Crippen LogP contribution in [0.2, 0.25) is 0 Å². The summed E-state index contributed by atoms with van der Waals surface area (Å²) in [5.74, 6) is -1.66. The van der Waals surface area contributed by atoms with Crippen LogP contribution in [-0.4, -0.2) is 28.0 Å². The van der Waals surface area contributed by atoms with Crippen LogP contribution in [-0.2, 0) is 4.79 Å². The van der Waals surface area contributed by atoms with Crippen molar-refractivity contribution in [1.29, 1.82) is 0 Å². The minimum atomic E-state index is -1.12. The first-order valence-electron chi connectivity index (χ1n) is 4.23. The van der Waals surface area contributed by atoms with Gasteiger partial charge in [-0.05, 0) is 13.0 Å². The number of carboxylic acids is 1. The first-order valence-corrected chi connectivity index (χ1v) is 4.23. The Balaban J connectivity index is 2.73. The number of nitrogens with one attached hydrogen (secondary N) is 2. The van der Waals surface area contributed by atoms with Gasteiger partial charge < -0.3 is 15.4 Å². The summed E-state index contributed by atoms with van der Waals surface area (Å²) >= 11 is 0. The van der Waals surface area contributed by atoms with Crippen LogP contribution in [0.25, 0.3) is 0 Å². The average molecular weight is 210 g/mol. The fourth-order valence-corrected chi connectivity index (χ4v) is 0.894. The van der Waals surface area contributed by atoms with E-state index in [1.165, 1.54) is 25.3 Å². The summed E-state index contributed by atoms with van der Waals surface area (Å²) in [6.45, 7) is 1.35. The van der Waals surface area contributed by atoms with Crippen LogP contribution >= 0.6 is 0 Å². The van der Waals surface area contributed by atoms with E-state index in [0.29, 0.717) is 0 Å². The molecule has 0 fully saturated rings. The minimum Gasteiger partial charge on any atom is -0.480 e. The Morgan fingerprint density at radius 3 is 2.60 bits per heavy atom. The van der Waals surface area contributed by atoms with E-state index in [1.807, 2.05) is 0 Å². The third kappa shape index (κ3) is 2.94. The summed E-state index contributed by atoms with van der Waals surface area (Å²) in [5.41, 5.74) is -0.111. The van der Waals surface area contributed by atoms with E-state index in [-0.39, 0.29) is 11.1 Å². The molecule has 80 valence electrons. The predicted molar refractivity (Wildman–Crippen MR) is 51.6 cm³/mol. The van der Waals surface area contributed by atoms with Gasteiger partial charge in [-0.3, -0.25) is 14.4 Å². The van der Waals surface area contributed by atoms with Crippen molar-refractivity contribution in [3.8, 4) is 0 Å². The number of carbonyl (C=O) groups excluding carboxylic acids is 1. The van der Waals surface area contributed by atoms with Gasteiger partial charge in [-0.2, -0.15) is 0 Å². The number of carbonyl (C=O) groups is 2. The largest absolute Gasteiger partial charge is 0.480 e. The molecule has 1 heterocycles. The number of rotatable bonds is 3. The van der Waals surface area contributed by atoms with E-state index in [1.54, 1.807) is 0 Å². The van der Waals surface area contributed by atoms with Gasteiger partial charge in [-0.1, -0.05) is 0 Å². The van der Waals surface area contributed by atoms with Crippen LogP contribution in [0, 0.1) is 0 Å². The molecule has 1 atom stereocenters. The van der Waals surface area contributed by atoms with Gasteiger partial charge in [0.15, 0.2) is 0 Å². The molecule has 1 amide bonds. The lowest BCUT2D eigenvalue weighted by Gasteiger charge is -2.08. The van der Waals surface area contributed by atoms with E-state index < -0.39 is 17.9 Å². The number of hydrogen-bond acceptors (Lipinski definition) is 3. The minimum absolute atomic E-state index is 0.211. The number of amides is 1. The summed E-state index contributed by atoms with van der Waals surface area (Å²) in [4.78, 5) is 34.8. The van der Waals surface area contributed by atoms with E-state index in [0.717, 1.165) is 0 Å². The van der Waals surface area contributed by atoms with Crippen molar-refractivity contribution in [1.82, 2.24) is 10.3 Å². The molecule has 0 aliphatic carbocycles. The SMILES string of the molecule is C[C@@H](NC(=O)c1ccc(=O)[nH]c1)C(=O)O. The molecule has 1 aromatic rings. The number of carboxylic acid groups (broad SMARTS) is 1. The molecule has 0 aromatic carbocycles. The van der Waals surface area contributed by atoms with Crippen LogP contribution in [0.15, 0.2) is 23.1 Å². The van der Waals surface area contributed by atoms with E-state index >= 15 is 0 Å². The fourth-order valence-electron chi connectivity index (χ4n) is 0.894. The Labute approximate surface area is 84.9 Å². The highest BCUT2D eigenvalue weighted by molar-refractivity contribution is 5.96. The number of aromatic nitrogens is 1. The molecular formula is C9H10N2O4. The van der Waals surface area contributed by atoms with Crippen LogP contribution in [0.5, 0.6) is 0 Å². The second-order valence-electron chi connectivity index (χ2n) is 2.97. The van der Waals surface area contributed by atoms with Gasteiger partial charge in [0.05, 0.1) is 5.56 Å². The summed E-state index contributed by atoms with van der Waals surface area (Å²) in [6.07, 6.45) is 1.23. The average Bonchev–Trinajstić information content (AvgIpc) is 2.18. The molecule has 6 heteroatoms. The molecule has 6 nitrogen and oxygen atoms in total.